The van der Waals surface area contributed by atoms with Gasteiger partial charge in [-0.1, -0.05) is 25.1 Å². The van der Waals surface area contributed by atoms with Gasteiger partial charge in [0, 0.05) is 55.3 Å². The molecule has 0 saturated carbocycles. The largest absolute Gasteiger partial charge is 0.508 e. The van der Waals surface area contributed by atoms with E-state index in [4.69, 9.17) is 9.72 Å². The molecule has 4 saturated heterocycles. The molecule has 4 fully saturated rings. The van der Waals surface area contributed by atoms with E-state index in [0.717, 1.165) is 55.0 Å². The first-order chi connectivity index (χ1) is 21.9. The second-order valence-electron chi connectivity index (χ2n) is 13.2. The minimum absolute atomic E-state index is 0.0175. The number of pyridine rings is 2. The smallest absolute Gasteiger partial charge is 0.234 e. The average molecular weight is 611 g/mol. The molecule has 2 aromatic heterocycles. The highest BCUT2D eigenvalue weighted by atomic mass is 19.1. The summed E-state index contributed by atoms with van der Waals surface area (Å²) in [4.78, 5) is 13.7. The minimum atomic E-state index is -0.919. The average Bonchev–Trinajstić information content (AvgIpc) is 3.68. The van der Waals surface area contributed by atoms with Crippen LogP contribution < -0.4 is 15.0 Å². The Balaban J connectivity index is 1.31. The number of alkyl halides is 1. The summed E-state index contributed by atoms with van der Waals surface area (Å²) in [6.45, 7) is 4.77. The molecule has 0 unspecified atom stereocenters. The number of anilines is 1. The van der Waals surface area contributed by atoms with Crippen molar-refractivity contribution >= 4 is 27.4 Å². The van der Waals surface area contributed by atoms with Gasteiger partial charge in [0.2, 0.25) is 5.88 Å². The molecule has 4 aromatic rings. The lowest BCUT2D eigenvalue weighted by Crippen LogP contribution is -2.51. The molecule has 6 heterocycles. The van der Waals surface area contributed by atoms with Crippen LogP contribution >= 0.6 is 0 Å². The molecule has 0 amide bonds. The van der Waals surface area contributed by atoms with Gasteiger partial charge in [0.05, 0.1) is 11.2 Å². The van der Waals surface area contributed by atoms with Crippen LogP contribution in [0.2, 0.25) is 0 Å². The summed E-state index contributed by atoms with van der Waals surface area (Å²) >= 11 is 0. The molecule has 232 valence electrons. The normalized spacial score (nSPS) is 26.1. The van der Waals surface area contributed by atoms with Crippen molar-refractivity contribution in [2.75, 3.05) is 37.7 Å². The van der Waals surface area contributed by atoms with Crippen molar-refractivity contribution in [2.24, 2.45) is 0 Å². The molecule has 2 bridgehead atoms. The molecular weight excluding hydrogens is 574 g/mol. The summed E-state index contributed by atoms with van der Waals surface area (Å²) in [5.74, 6) is -0.547. The Morgan fingerprint density at radius 1 is 1.20 bits per heavy atom. The zero-order chi connectivity index (χ0) is 30.9. The molecule has 2 N–H and O–H groups in total. The van der Waals surface area contributed by atoms with E-state index in [1.165, 1.54) is 0 Å². The fraction of sp³-hybridized carbons (Fsp3) is 0.457. The Morgan fingerprint density at radius 2 is 2.02 bits per heavy atom. The van der Waals surface area contributed by atoms with Gasteiger partial charge in [-0.15, -0.1) is 0 Å². The number of nitrogens with zero attached hydrogens (tertiary/aromatic N) is 5. The maximum absolute atomic E-state index is 17.0. The molecule has 4 atom stereocenters. The number of ether oxygens (including phenoxy) is 1. The second kappa shape index (κ2) is 10.8. The highest BCUT2D eigenvalue weighted by molar-refractivity contribution is 6.02. The second-order valence-corrected chi connectivity index (χ2v) is 13.2. The van der Waals surface area contributed by atoms with Crippen molar-refractivity contribution in [3.05, 3.63) is 53.5 Å². The van der Waals surface area contributed by atoms with Crippen molar-refractivity contribution in [3.8, 4) is 29.0 Å². The number of halogens is 2. The first kappa shape index (κ1) is 28.4. The number of phenolic OH excluding ortho intramolecular Hbond substituents is 1. The lowest BCUT2D eigenvalue weighted by molar-refractivity contribution is 0.110. The highest BCUT2D eigenvalue weighted by Crippen LogP contribution is 2.44. The van der Waals surface area contributed by atoms with E-state index in [1.807, 2.05) is 25.1 Å². The quantitative estimate of drug-likeness (QED) is 0.290. The number of hydrogen-bond donors (Lipinski definition) is 2. The van der Waals surface area contributed by atoms with Gasteiger partial charge in [-0.05, 0) is 67.1 Å². The van der Waals surface area contributed by atoms with E-state index in [2.05, 4.69) is 26.2 Å². The van der Waals surface area contributed by atoms with Gasteiger partial charge in [-0.3, -0.25) is 9.88 Å². The van der Waals surface area contributed by atoms with Crippen molar-refractivity contribution < 1.29 is 18.6 Å². The van der Waals surface area contributed by atoms with Gasteiger partial charge in [-0.2, -0.15) is 5.26 Å². The number of aromatic hydroxyl groups is 1. The van der Waals surface area contributed by atoms with E-state index in [0.29, 0.717) is 42.7 Å². The van der Waals surface area contributed by atoms with Crippen LogP contribution in [0.1, 0.15) is 50.2 Å². The first-order valence-corrected chi connectivity index (χ1v) is 16.1. The fourth-order valence-electron chi connectivity index (χ4n) is 8.48. The van der Waals surface area contributed by atoms with Crippen molar-refractivity contribution in [1.29, 1.82) is 5.26 Å². The van der Waals surface area contributed by atoms with Crippen molar-refractivity contribution in [3.63, 3.8) is 0 Å². The van der Waals surface area contributed by atoms with E-state index in [9.17, 15) is 14.8 Å². The number of rotatable bonds is 6. The lowest BCUT2D eigenvalue weighted by atomic mass is 9.94. The van der Waals surface area contributed by atoms with Gasteiger partial charge < -0.3 is 20.1 Å². The number of benzene rings is 2. The maximum atomic E-state index is 17.0. The Kier molecular flexibility index (Phi) is 6.80. The van der Waals surface area contributed by atoms with Crippen molar-refractivity contribution in [1.82, 2.24) is 20.2 Å². The molecule has 8 rings (SSSR count). The Bertz CT molecular complexity index is 1870. The SMILES string of the molecule is CCc1cccc2cc(O)cc(-c3ncc4c(N5C[C@H]6CC[C@@H](C5)N6)c(C#N)c(OC[C@@]56CCCN5C[C@H](F)C6)nc4c3F)c12. The predicted octanol–water partition coefficient (Wildman–Crippen LogP) is 5.62. The molecule has 45 heavy (non-hydrogen) atoms. The number of aryl methyl sites for hydroxylation is 1. The van der Waals surface area contributed by atoms with Crippen LogP contribution in [0.25, 0.3) is 32.9 Å². The zero-order valence-electron chi connectivity index (χ0n) is 25.3. The first-order valence-electron chi connectivity index (χ1n) is 16.1. The molecule has 4 aliphatic rings. The molecule has 4 aliphatic heterocycles. The summed E-state index contributed by atoms with van der Waals surface area (Å²) in [7, 11) is 0. The number of aromatic nitrogens is 2. The zero-order valence-corrected chi connectivity index (χ0v) is 25.3. The number of phenols is 1. The Labute approximate surface area is 260 Å². The monoisotopic (exact) mass is 610 g/mol. The van der Waals surface area contributed by atoms with Gasteiger partial charge >= 0.3 is 0 Å². The lowest BCUT2D eigenvalue weighted by Gasteiger charge is -2.36. The van der Waals surface area contributed by atoms with Crippen LogP contribution in [0.15, 0.2) is 36.5 Å². The van der Waals surface area contributed by atoms with Gasteiger partial charge in [0.1, 0.15) is 41.4 Å². The standard InChI is InChI=1S/C35H36F2N6O2/c1-2-20-5-3-6-21-11-25(44)12-26(29(20)21)31-30(37)32-28(15-39-31)33(42-17-23-7-8-24(18-42)40-23)27(14-38)34(41-32)45-19-35-9-4-10-43(35)16-22(36)13-35/h3,5-6,11-12,15,22-24,40,44H,2,4,7-10,13,16-19H2,1H3/t22-,23-,24+,35+/m1/s1. The van der Waals surface area contributed by atoms with Crippen LogP contribution in [-0.4, -0.2) is 76.6 Å². The summed E-state index contributed by atoms with van der Waals surface area (Å²) < 4.78 is 37.9. The molecule has 8 nitrogen and oxygen atoms in total. The van der Waals surface area contributed by atoms with Gasteiger partial charge in [0.15, 0.2) is 5.82 Å². The molecule has 2 aromatic carbocycles. The van der Waals surface area contributed by atoms with Crippen LogP contribution in [0.3, 0.4) is 0 Å². The number of fused-ring (bicyclic) bond motifs is 5. The maximum Gasteiger partial charge on any atom is 0.234 e. The van der Waals surface area contributed by atoms with Crippen LogP contribution in [0.4, 0.5) is 14.5 Å². The third kappa shape index (κ3) is 4.59. The van der Waals surface area contributed by atoms with E-state index < -0.39 is 17.5 Å². The fourth-order valence-corrected chi connectivity index (χ4v) is 8.48. The van der Waals surface area contributed by atoms with Gasteiger partial charge in [-0.25, -0.2) is 13.8 Å². The topological polar surface area (TPSA) is 97.5 Å². The number of hydrogen-bond acceptors (Lipinski definition) is 8. The minimum Gasteiger partial charge on any atom is -0.508 e. The number of piperazine rings is 1. The number of nitriles is 1. The third-order valence-corrected chi connectivity index (χ3v) is 10.5. The van der Waals surface area contributed by atoms with Crippen LogP contribution in [0, 0.1) is 17.1 Å². The summed E-state index contributed by atoms with van der Waals surface area (Å²) in [6, 6.07) is 11.9. The molecule has 10 heteroatoms. The van der Waals surface area contributed by atoms with Crippen LogP contribution in [0.5, 0.6) is 11.6 Å². The molecular formula is C35H36F2N6O2. The molecule has 0 radical (unpaired) electrons. The Morgan fingerprint density at radius 3 is 2.80 bits per heavy atom. The molecule has 0 spiro atoms. The van der Waals surface area contributed by atoms with Crippen LogP contribution in [-0.2, 0) is 6.42 Å². The number of nitrogens with one attached hydrogen (secondary N) is 1. The van der Waals surface area contributed by atoms with E-state index >= 15 is 4.39 Å². The summed E-state index contributed by atoms with van der Waals surface area (Å²) in [6.07, 6.45) is 5.64. The third-order valence-electron chi connectivity index (χ3n) is 10.5. The van der Waals surface area contributed by atoms with Gasteiger partial charge in [0.25, 0.3) is 0 Å². The summed E-state index contributed by atoms with van der Waals surface area (Å²) in [5.41, 5.74) is 2.03. The van der Waals surface area contributed by atoms with E-state index in [1.54, 1.807) is 18.3 Å². The van der Waals surface area contributed by atoms with Crippen molar-refractivity contribution in [2.45, 2.75) is 69.2 Å². The summed E-state index contributed by atoms with van der Waals surface area (Å²) in [5, 5.41) is 26.9. The highest BCUT2D eigenvalue weighted by Gasteiger charge is 2.49. The predicted molar refractivity (Wildman–Crippen MR) is 169 cm³/mol. The van der Waals surface area contributed by atoms with E-state index in [-0.39, 0.29) is 47.1 Å². The molecule has 0 aliphatic carbocycles. The Hall–Kier alpha value is -4.07.